The van der Waals surface area contributed by atoms with Crippen LogP contribution in [0.25, 0.3) is 11.2 Å². The number of hydrogen-bond acceptors (Lipinski definition) is 3. The zero-order chi connectivity index (χ0) is 19.3. The molecule has 2 aliphatic carbocycles. The fourth-order valence-corrected chi connectivity index (χ4v) is 2.91. The number of halogens is 1. The van der Waals surface area contributed by atoms with Crippen molar-refractivity contribution < 1.29 is 152 Å². The number of aryl methyl sites for hydroxylation is 1. The van der Waals surface area contributed by atoms with Crippen LogP contribution in [-0.2, 0) is 4.79 Å². The van der Waals surface area contributed by atoms with Crippen LogP contribution in [0.3, 0.4) is 0 Å². The van der Waals surface area contributed by atoms with E-state index < -0.39 is 0 Å². The summed E-state index contributed by atoms with van der Waals surface area (Å²) in [5.74, 6) is 0.435. The van der Waals surface area contributed by atoms with Gasteiger partial charge in [0.1, 0.15) is 5.83 Å². The smallest absolute Gasteiger partial charge is 0.483 e. The standard InChI is InChI=1S/C17H16FN3.C2H6.CH2O2.2CH3.2Cs/c1-10-7-14(10)12-3-4-13(15(18)8-12)16-9-17-19-6-5-11(2)21(17)20-16;1-2;2-1-3;;;;/h4-6,8-10H,3,7H2,1-2H3;1-2H3;1H,(H,2,3);2*1H3;;/q;;;2*-1;2*+1/b14-12+;;;;;;/t10-;;;;;;/m0....../s1. The van der Waals surface area contributed by atoms with Crippen LogP contribution in [0.4, 0.5) is 4.39 Å². The van der Waals surface area contributed by atoms with Crippen LogP contribution in [0.1, 0.15) is 45.0 Å². The van der Waals surface area contributed by atoms with Crippen molar-refractivity contribution in [2.75, 3.05) is 0 Å². The predicted octanol–water partition coefficient (Wildman–Crippen LogP) is -0.350. The second-order valence-electron chi connectivity index (χ2n) is 5.96. The van der Waals surface area contributed by atoms with Gasteiger partial charge in [0.2, 0.25) is 0 Å². The van der Waals surface area contributed by atoms with Crippen LogP contribution in [0.5, 0.6) is 0 Å². The van der Waals surface area contributed by atoms with Gasteiger partial charge in [0.15, 0.2) is 5.65 Å². The minimum absolute atomic E-state index is 0. The first kappa shape index (κ1) is 35.9. The van der Waals surface area contributed by atoms with E-state index in [9.17, 15) is 4.39 Å². The van der Waals surface area contributed by atoms with E-state index in [0.717, 1.165) is 29.8 Å². The van der Waals surface area contributed by atoms with Gasteiger partial charge in [-0.1, -0.05) is 32.4 Å². The molecule has 4 rings (SSSR count). The number of nitrogens with zero attached hydrogens (tertiary/aromatic N) is 3. The third-order valence-electron chi connectivity index (χ3n) is 4.28. The fourth-order valence-electron chi connectivity index (χ4n) is 2.91. The molecule has 154 valence electrons. The van der Waals surface area contributed by atoms with Crippen molar-refractivity contribution in [2.45, 2.75) is 40.5 Å². The number of carbonyl (C=O) groups is 1. The van der Waals surface area contributed by atoms with E-state index in [2.05, 4.69) is 17.0 Å². The molecule has 0 radical (unpaired) electrons. The van der Waals surface area contributed by atoms with E-state index in [1.54, 1.807) is 16.8 Å². The molecular formula is C22H30Cs2FN3O2. The molecule has 30 heavy (non-hydrogen) atoms. The number of allylic oxidation sites excluding steroid dienone is 6. The van der Waals surface area contributed by atoms with Gasteiger partial charge in [-0.05, 0) is 43.4 Å². The van der Waals surface area contributed by atoms with Gasteiger partial charge in [0, 0.05) is 23.5 Å². The van der Waals surface area contributed by atoms with Crippen molar-refractivity contribution >= 4 is 17.7 Å². The SMILES string of the molecule is CC.Cc1ccnc2cc(C3=CC/C(=C4/C[C@@H]4C)C=C3F)nn12.O=CO.[CH3-].[CH3-].[Cs+].[Cs+]. The second-order valence-corrected chi connectivity index (χ2v) is 5.96. The van der Waals surface area contributed by atoms with Crippen LogP contribution < -0.4 is 138 Å². The van der Waals surface area contributed by atoms with E-state index in [-0.39, 0.29) is 165 Å². The first-order chi connectivity index (χ1) is 12.5. The van der Waals surface area contributed by atoms with E-state index in [1.165, 1.54) is 5.57 Å². The van der Waals surface area contributed by atoms with E-state index in [4.69, 9.17) is 9.90 Å². The normalized spacial score (nSPS) is 18.1. The zero-order valence-corrected chi connectivity index (χ0v) is 32.1. The molecule has 0 spiro atoms. The second kappa shape index (κ2) is 17.8. The Balaban J connectivity index is -0.000000750. The Morgan fingerprint density at radius 1 is 1.27 bits per heavy atom. The summed E-state index contributed by atoms with van der Waals surface area (Å²) in [7, 11) is 0. The zero-order valence-electron chi connectivity index (χ0n) is 19.5. The third kappa shape index (κ3) is 9.30. The van der Waals surface area contributed by atoms with E-state index >= 15 is 0 Å². The maximum atomic E-state index is 14.4. The Hall–Kier alpha value is 1.34. The number of carboxylic acid groups (broad SMARTS) is 1. The maximum Gasteiger partial charge on any atom is 1.00 e. The summed E-state index contributed by atoms with van der Waals surface area (Å²) < 4.78 is 16.2. The number of rotatable bonds is 1. The van der Waals surface area contributed by atoms with Gasteiger partial charge >= 0.3 is 138 Å². The first-order valence-electron chi connectivity index (χ1n) is 8.74. The molecule has 8 heteroatoms. The molecule has 2 aromatic rings. The van der Waals surface area contributed by atoms with Gasteiger partial charge in [0.05, 0.1) is 5.69 Å². The van der Waals surface area contributed by atoms with Gasteiger partial charge in [0.25, 0.3) is 6.47 Å². The molecule has 0 aromatic carbocycles. The van der Waals surface area contributed by atoms with Crippen LogP contribution >= 0.6 is 0 Å². The van der Waals surface area contributed by atoms with Crippen molar-refractivity contribution in [2.24, 2.45) is 5.92 Å². The fraction of sp³-hybridized carbons (Fsp3) is 0.318. The molecule has 2 aromatic heterocycles. The molecule has 2 aliphatic rings. The largest absolute Gasteiger partial charge is 1.00 e. The van der Waals surface area contributed by atoms with Crippen molar-refractivity contribution in [1.82, 2.24) is 14.6 Å². The molecule has 5 nitrogen and oxygen atoms in total. The van der Waals surface area contributed by atoms with Crippen molar-refractivity contribution in [3.05, 3.63) is 73.7 Å². The number of hydrogen-bond donors (Lipinski definition) is 1. The maximum absolute atomic E-state index is 14.4. The molecule has 0 unspecified atom stereocenters. The molecule has 2 heterocycles. The monoisotopic (exact) mass is 653 g/mol. The Morgan fingerprint density at radius 2 is 1.83 bits per heavy atom. The average Bonchev–Trinajstić information content (AvgIpc) is 3.19. The van der Waals surface area contributed by atoms with Crippen molar-refractivity contribution in [3.8, 4) is 0 Å². The molecule has 0 aliphatic heterocycles. The van der Waals surface area contributed by atoms with Gasteiger partial charge in [-0.15, -0.1) is 0 Å². The minimum Gasteiger partial charge on any atom is -0.483 e. The van der Waals surface area contributed by atoms with Crippen LogP contribution in [0.15, 0.2) is 47.5 Å². The molecule has 1 saturated carbocycles. The van der Waals surface area contributed by atoms with Crippen LogP contribution in [0.2, 0.25) is 0 Å². The Bertz CT molecular complexity index is 905. The topological polar surface area (TPSA) is 67.5 Å². The molecular weight excluding hydrogens is 623 g/mol. The van der Waals surface area contributed by atoms with Crippen molar-refractivity contribution in [1.29, 1.82) is 0 Å². The minimum atomic E-state index is -0.250. The summed E-state index contributed by atoms with van der Waals surface area (Å²) in [6, 6.07) is 3.73. The molecule has 0 amide bonds. The van der Waals surface area contributed by atoms with Gasteiger partial charge in [-0.25, -0.2) is 13.9 Å². The van der Waals surface area contributed by atoms with Gasteiger partial charge in [-0.2, -0.15) is 5.10 Å². The first-order valence-corrected chi connectivity index (χ1v) is 8.74. The average molecular weight is 653 g/mol. The summed E-state index contributed by atoms with van der Waals surface area (Å²) in [5, 5.41) is 11.4. The van der Waals surface area contributed by atoms with E-state index in [0.29, 0.717) is 17.2 Å². The van der Waals surface area contributed by atoms with Gasteiger partial charge in [-0.3, -0.25) is 4.79 Å². The predicted molar refractivity (Wildman–Crippen MR) is 113 cm³/mol. The molecule has 0 saturated heterocycles. The number of aromatic nitrogens is 3. The summed E-state index contributed by atoms with van der Waals surface area (Å²) in [6.45, 7) is 7.90. The quantitative estimate of drug-likeness (QED) is 0.338. The molecule has 0 bridgehead atoms. The Labute approximate surface area is 297 Å². The molecule has 1 N–H and O–H groups in total. The Morgan fingerprint density at radius 3 is 2.30 bits per heavy atom. The third-order valence-corrected chi connectivity index (χ3v) is 4.28. The van der Waals surface area contributed by atoms with Crippen LogP contribution in [0, 0.1) is 27.7 Å². The number of fused-ring (bicyclic) bond motifs is 1. The van der Waals surface area contributed by atoms with Crippen molar-refractivity contribution in [3.63, 3.8) is 0 Å². The summed E-state index contributed by atoms with van der Waals surface area (Å²) in [6.07, 6.45) is 7.27. The summed E-state index contributed by atoms with van der Waals surface area (Å²) >= 11 is 0. The molecule has 1 atom stereocenters. The molecule has 1 fully saturated rings. The van der Waals surface area contributed by atoms with E-state index in [1.807, 2.05) is 39.0 Å². The van der Waals surface area contributed by atoms with Gasteiger partial charge < -0.3 is 20.0 Å². The summed E-state index contributed by atoms with van der Waals surface area (Å²) in [5.41, 5.74) is 5.51. The Kier molecular flexibility index (Phi) is 21.3. The summed E-state index contributed by atoms with van der Waals surface area (Å²) in [4.78, 5) is 12.6. The van der Waals surface area contributed by atoms with Crippen LogP contribution in [-0.4, -0.2) is 26.2 Å².